The van der Waals surface area contributed by atoms with Gasteiger partial charge in [0.1, 0.15) is 34.0 Å². The number of hydrogen-bond acceptors (Lipinski definition) is 8. The molecule has 5 rings (SSSR count). The zero-order valence-electron chi connectivity index (χ0n) is 17.7. The highest BCUT2D eigenvalue weighted by molar-refractivity contribution is 5.93. The number of rotatable bonds is 4. The summed E-state index contributed by atoms with van der Waals surface area (Å²) in [5.41, 5.74) is 0.247. The van der Waals surface area contributed by atoms with Gasteiger partial charge >= 0.3 is 12.6 Å². The lowest BCUT2D eigenvalue weighted by atomic mass is 9.85. The first kappa shape index (κ1) is 22.2. The topological polar surface area (TPSA) is 126 Å². The van der Waals surface area contributed by atoms with Crippen molar-refractivity contribution in [2.24, 2.45) is 0 Å². The zero-order valence-corrected chi connectivity index (χ0v) is 17.7. The van der Waals surface area contributed by atoms with Gasteiger partial charge in [0.25, 0.3) is 0 Å². The van der Waals surface area contributed by atoms with Crippen molar-refractivity contribution < 1.29 is 42.8 Å². The minimum Gasteiger partial charge on any atom is -0.507 e. The summed E-state index contributed by atoms with van der Waals surface area (Å²) in [4.78, 5) is 25.3. The van der Waals surface area contributed by atoms with Crippen molar-refractivity contribution in [3.05, 3.63) is 75.9 Å². The molecule has 8 nitrogen and oxygen atoms in total. The summed E-state index contributed by atoms with van der Waals surface area (Å²) in [5.74, 6) is -2.86. The van der Waals surface area contributed by atoms with Gasteiger partial charge in [-0.05, 0) is 35.9 Å². The van der Waals surface area contributed by atoms with Gasteiger partial charge < -0.3 is 29.2 Å². The Hall–Kier alpha value is -4.60. The summed E-state index contributed by atoms with van der Waals surface area (Å²) >= 11 is 0. The van der Waals surface area contributed by atoms with Gasteiger partial charge in [-0.2, -0.15) is 8.78 Å². The molecule has 0 saturated carbocycles. The second-order valence-electron chi connectivity index (χ2n) is 7.87. The maximum atomic E-state index is 13.0. The first-order valence-electron chi connectivity index (χ1n) is 10.3. The number of halogens is 2. The summed E-state index contributed by atoms with van der Waals surface area (Å²) in [7, 11) is 0. The molecule has 0 radical (unpaired) electrons. The monoisotopic (exact) mass is 482 g/mol. The molecule has 10 heteroatoms. The largest absolute Gasteiger partial charge is 0.507 e. The molecule has 1 aliphatic rings. The number of benzene rings is 3. The van der Waals surface area contributed by atoms with Crippen LogP contribution in [0.15, 0.2) is 63.8 Å². The molecule has 1 unspecified atom stereocenters. The molecular formula is C25H16F2O8. The number of esters is 1. The number of phenols is 3. The Bertz CT molecular complexity index is 1540. The highest BCUT2D eigenvalue weighted by Gasteiger charge is 2.34. The Kier molecular flexibility index (Phi) is 5.28. The first-order valence-corrected chi connectivity index (χ1v) is 10.3. The molecule has 3 aromatic carbocycles. The molecule has 0 bridgehead atoms. The van der Waals surface area contributed by atoms with Gasteiger partial charge in [-0.15, -0.1) is 0 Å². The molecule has 3 N–H and O–H groups in total. The summed E-state index contributed by atoms with van der Waals surface area (Å²) < 4.78 is 41.3. The average Bonchev–Trinajstić information content (AvgIpc) is 2.79. The van der Waals surface area contributed by atoms with E-state index in [1.54, 1.807) is 6.07 Å². The van der Waals surface area contributed by atoms with Gasteiger partial charge in [0.15, 0.2) is 16.9 Å². The van der Waals surface area contributed by atoms with Gasteiger partial charge in [0.05, 0.1) is 6.42 Å². The van der Waals surface area contributed by atoms with Crippen LogP contribution in [0.5, 0.6) is 28.7 Å². The highest BCUT2D eigenvalue weighted by atomic mass is 19.3. The first-order chi connectivity index (χ1) is 16.7. The lowest BCUT2D eigenvalue weighted by molar-refractivity contribution is -0.135. The molecule has 1 atom stereocenters. The van der Waals surface area contributed by atoms with Crippen LogP contribution in [0.4, 0.5) is 8.78 Å². The molecule has 0 saturated heterocycles. The van der Waals surface area contributed by atoms with Crippen LogP contribution >= 0.6 is 0 Å². The van der Waals surface area contributed by atoms with Crippen molar-refractivity contribution in [2.75, 3.05) is 0 Å². The molecule has 0 aliphatic carbocycles. The van der Waals surface area contributed by atoms with Crippen molar-refractivity contribution in [2.45, 2.75) is 19.0 Å². The number of hydrogen-bond donors (Lipinski definition) is 3. The Morgan fingerprint density at radius 2 is 1.74 bits per heavy atom. The van der Waals surface area contributed by atoms with E-state index in [0.717, 1.165) is 12.1 Å². The van der Waals surface area contributed by atoms with Crippen LogP contribution in [0.25, 0.3) is 22.3 Å². The van der Waals surface area contributed by atoms with Gasteiger partial charge in [0.2, 0.25) is 0 Å². The van der Waals surface area contributed by atoms with Gasteiger partial charge in [-0.1, -0.05) is 12.1 Å². The lowest BCUT2D eigenvalue weighted by Crippen LogP contribution is -2.22. The van der Waals surface area contributed by atoms with Crippen molar-refractivity contribution in [3.63, 3.8) is 0 Å². The number of aromatic hydroxyl groups is 3. The van der Waals surface area contributed by atoms with Crippen LogP contribution in [0, 0.1) is 0 Å². The molecule has 1 aliphatic heterocycles. The number of carbonyl (C=O) groups excluding carboxylic acids is 1. The highest BCUT2D eigenvalue weighted by Crippen LogP contribution is 2.46. The fourth-order valence-corrected chi connectivity index (χ4v) is 4.17. The van der Waals surface area contributed by atoms with Crippen molar-refractivity contribution in [3.8, 4) is 40.1 Å². The van der Waals surface area contributed by atoms with E-state index in [9.17, 15) is 33.7 Å². The van der Waals surface area contributed by atoms with E-state index in [1.807, 2.05) is 0 Å². The number of ether oxygens (including phenoxy) is 2. The van der Waals surface area contributed by atoms with Crippen LogP contribution in [0.2, 0.25) is 0 Å². The molecule has 35 heavy (non-hydrogen) atoms. The fraction of sp³-hybridized carbons (Fsp3) is 0.120. The molecule has 0 amide bonds. The predicted octanol–water partition coefficient (Wildman–Crippen LogP) is 4.62. The number of fused-ring (bicyclic) bond motifs is 3. The predicted molar refractivity (Wildman–Crippen MR) is 118 cm³/mol. The SMILES string of the molecule is O=C1CC(c2cccc(OC(F)F)c2)c2c(cc(O)c3c(=O)cc(-c4ccc(O)c(O)c4)oc23)O1. The summed E-state index contributed by atoms with van der Waals surface area (Å²) in [6.45, 7) is -3.05. The van der Waals surface area contributed by atoms with Crippen LogP contribution in [0.3, 0.4) is 0 Å². The molecular weight excluding hydrogens is 466 g/mol. The van der Waals surface area contributed by atoms with Gasteiger partial charge in [0, 0.05) is 29.2 Å². The molecule has 0 fully saturated rings. The zero-order chi connectivity index (χ0) is 24.9. The van der Waals surface area contributed by atoms with Crippen molar-refractivity contribution in [1.29, 1.82) is 0 Å². The normalized spacial score (nSPS) is 15.2. The smallest absolute Gasteiger partial charge is 0.387 e. The van der Waals surface area contributed by atoms with E-state index in [4.69, 9.17) is 9.15 Å². The lowest BCUT2D eigenvalue weighted by Gasteiger charge is -2.26. The van der Waals surface area contributed by atoms with Crippen LogP contribution in [0.1, 0.15) is 23.5 Å². The van der Waals surface area contributed by atoms with Crippen molar-refractivity contribution >= 4 is 16.9 Å². The maximum absolute atomic E-state index is 13.0. The molecule has 178 valence electrons. The van der Waals surface area contributed by atoms with E-state index in [-0.39, 0.29) is 51.5 Å². The molecule has 4 aromatic rings. The van der Waals surface area contributed by atoms with E-state index >= 15 is 0 Å². The standard InChI is InChI=1S/C25H16F2O8/c26-25(27)33-13-3-1-2-11(6-13)14-8-21(32)34-20-10-18(31)23-17(30)9-19(35-24(23)22(14)20)12-4-5-15(28)16(29)7-12/h1-7,9-10,14,25,28-29,31H,8H2. The quantitative estimate of drug-likeness (QED) is 0.219. The van der Waals surface area contributed by atoms with Gasteiger partial charge in [-0.3, -0.25) is 9.59 Å². The third kappa shape index (κ3) is 3.99. The van der Waals surface area contributed by atoms with Crippen molar-refractivity contribution in [1.82, 2.24) is 0 Å². The summed E-state index contributed by atoms with van der Waals surface area (Å²) in [6, 6.07) is 11.8. The average molecular weight is 482 g/mol. The Balaban J connectivity index is 1.76. The third-order valence-electron chi connectivity index (χ3n) is 5.67. The van der Waals surface area contributed by atoms with Gasteiger partial charge in [-0.25, -0.2) is 0 Å². The maximum Gasteiger partial charge on any atom is 0.387 e. The van der Waals surface area contributed by atoms with Crippen LogP contribution in [-0.2, 0) is 4.79 Å². The molecule has 0 spiro atoms. The second-order valence-corrected chi connectivity index (χ2v) is 7.87. The van der Waals surface area contributed by atoms with E-state index in [0.29, 0.717) is 5.56 Å². The van der Waals surface area contributed by atoms with E-state index in [1.165, 1.54) is 36.4 Å². The van der Waals surface area contributed by atoms with Crippen LogP contribution in [-0.4, -0.2) is 27.9 Å². The number of carbonyl (C=O) groups is 1. The minimum absolute atomic E-state index is 0.0102. The number of phenolic OH excluding ortho intramolecular Hbond substituents is 3. The Morgan fingerprint density at radius 1 is 0.943 bits per heavy atom. The summed E-state index contributed by atoms with van der Waals surface area (Å²) in [5, 5.41) is 29.8. The van der Waals surface area contributed by atoms with E-state index in [2.05, 4.69) is 4.74 Å². The van der Waals surface area contributed by atoms with E-state index < -0.39 is 35.4 Å². The second kappa shape index (κ2) is 8.32. The summed E-state index contributed by atoms with van der Waals surface area (Å²) in [6.07, 6.45) is -0.195. The minimum atomic E-state index is -3.05. The third-order valence-corrected chi connectivity index (χ3v) is 5.67. The molecule has 2 heterocycles. The molecule has 1 aromatic heterocycles. The Morgan fingerprint density at radius 3 is 2.49 bits per heavy atom. The van der Waals surface area contributed by atoms with Crippen LogP contribution < -0.4 is 14.9 Å². The Labute approximate surface area is 195 Å². The number of alkyl halides is 2. The fourth-order valence-electron chi connectivity index (χ4n) is 4.17.